The highest BCUT2D eigenvalue weighted by molar-refractivity contribution is 5.42. The maximum absolute atomic E-state index is 10.7. The first-order chi connectivity index (χ1) is 8.92. The predicted molar refractivity (Wildman–Crippen MR) is 82.0 cm³/mol. The van der Waals surface area contributed by atoms with Crippen molar-refractivity contribution < 1.29 is 15.3 Å². The molecule has 0 amide bonds. The SMILES string of the molecule is CC(C)(C)C[C@H](c1ccc(O)c(O)c1)[C@@H](O)C(C)(C)C. The minimum absolute atomic E-state index is 0.0599. The Morgan fingerprint density at radius 2 is 1.50 bits per heavy atom. The zero-order valence-electron chi connectivity index (χ0n) is 13.4. The lowest BCUT2D eigenvalue weighted by atomic mass is 9.72. The van der Waals surface area contributed by atoms with Gasteiger partial charge in [-0.25, -0.2) is 0 Å². The van der Waals surface area contributed by atoms with Crippen LogP contribution in [0.5, 0.6) is 11.5 Å². The molecule has 0 unspecified atom stereocenters. The third-order valence-electron chi connectivity index (χ3n) is 3.53. The molecule has 114 valence electrons. The van der Waals surface area contributed by atoms with Crippen molar-refractivity contribution in [3.63, 3.8) is 0 Å². The van der Waals surface area contributed by atoms with Crippen LogP contribution in [0.3, 0.4) is 0 Å². The molecule has 1 rings (SSSR count). The summed E-state index contributed by atoms with van der Waals surface area (Å²) < 4.78 is 0. The summed E-state index contributed by atoms with van der Waals surface area (Å²) in [6.45, 7) is 12.4. The average molecular weight is 280 g/mol. The number of hydrogen-bond acceptors (Lipinski definition) is 3. The molecule has 3 N–H and O–H groups in total. The van der Waals surface area contributed by atoms with E-state index in [1.165, 1.54) is 6.07 Å². The van der Waals surface area contributed by atoms with E-state index in [4.69, 9.17) is 0 Å². The van der Waals surface area contributed by atoms with E-state index in [0.717, 1.165) is 12.0 Å². The Morgan fingerprint density at radius 1 is 0.950 bits per heavy atom. The standard InChI is InChI=1S/C17H28O3/c1-16(2,3)10-12(15(20)17(4,5)6)11-7-8-13(18)14(19)9-11/h7-9,12,15,18-20H,10H2,1-6H3/t12-,15-/m1/s1. The number of phenolic OH excluding ortho intramolecular Hbond substituents is 2. The Bertz CT molecular complexity index is 452. The van der Waals surface area contributed by atoms with Crippen molar-refractivity contribution in [3.05, 3.63) is 23.8 Å². The Labute approximate surface area is 122 Å². The van der Waals surface area contributed by atoms with Gasteiger partial charge in [0.25, 0.3) is 0 Å². The van der Waals surface area contributed by atoms with Crippen molar-refractivity contribution in [2.24, 2.45) is 10.8 Å². The summed E-state index contributed by atoms with van der Waals surface area (Å²) in [5.41, 5.74) is 0.672. The van der Waals surface area contributed by atoms with Gasteiger partial charge in [-0.05, 0) is 34.9 Å². The molecule has 0 radical (unpaired) electrons. The van der Waals surface area contributed by atoms with Crippen molar-refractivity contribution >= 4 is 0 Å². The van der Waals surface area contributed by atoms with Crippen LogP contribution in [-0.2, 0) is 0 Å². The van der Waals surface area contributed by atoms with Crippen LogP contribution in [0.2, 0.25) is 0 Å². The van der Waals surface area contributed by atoms with E-state index in [-0.39, 0.29) is 28.2 Å². The van der Waals surface area contributed by atoms with E-state index in [0.29, 0.717) is 0 Å². The van der Waals surface area contributed by atoms with Crippen molar-refractivity contribution in [1.82, 2.24) is 0 Å². The van der Waals surface area contributed by atoms with Gasteiger partial charge in [-0.15, -0.1) is 0 Å². The minimum Gasteiger partial charge on any atom is -0.504 e. The Balaban J connectivity index is 3.19. The quantitative estimate of drug-likeness (QED) is 0.733. The van der Waals surface area contributed by atoms with Crippen LogP contribution < -0.4 is 0 Å². The zero-order chi connectivity index (χ0) is 15.7. The van der Waals surface area contributed by atoms with Gasteiger partial charge >= 0.3 is 0 Å². The molecule has 0 aliphatic rings. The summed E-state index contributed by atoms with van der Waals surface area (Å²) >= 11 is 0. The van der Waals surface area contributed by atoms with E-state index in [1.54, 1.807) is 12.1 Å². The third kappa shape index (κ3) is 4.41. The summed E-state index contributed by atoms with van der Waals surface area (Å²) in [6, 6.07) is 4.82. The largest absolute Gasteiger partial charge is 0.504 e. The van der Waals surface area contributed by atoms with Crippen molar-refractivity contribution in [2.75, 3.05) is 0 Å². The van der Waals surface area contributed by atoms with Crippen molar-refractivity contribution in [3.8, 4) is 11.5 Å². The highest BCUT2D eigenvalue weighted by atomic mass is 16.3. The Morgan fingerprint density at radius 3 is 1.90 bits per heavy atom. The summed E-state index contributed by atoms with van der Waals surface area (Å²) in [5, 5.41) is 29.8. The fraction of sp³-hybridized carbons (Fsp3) is 0.647. The van der Waals surface area contributed by atoms with Crippen LogP contribution in [-0.4, -0.2) is 21.4 Å². The smallest absolute Gasteiger partial charge is 0.157 e. The number of hydrogen-bond donors (Lipinski definition) is 3. The molecule has 2 atom stereocenters. The van der Waals surface area contributed by atoms with Gasteiger partial charge < -0.3 is 15.3 Å². The van der Waals surface area contributed by atoms with E-state index < -0.39 is 6.10 Å². The molecule has 0 saturated carbocycles. The summed E-state index contributed by atoms with van der Waals surface area (Å²) in [5.74, 6) is -0.350. The number of aliphatic hydroxyl groups is 1. The number of phenols is 2. The molecule has 0 aromatic heterocycles. The molecule has 0 aliphatic carbocycles. The lowest BCUT2D eigenvalue weighted by molar-refractivity contribution is 0.0263. The fourth-order valence-corrected chi connectivity index (χ4v) is 2.45. The van der Waals surface area contributed by atoms with Crippen LogP contribution in [0.4, 0.5) is 0 Å². The summed E-state index contributed by atoms with van der Waals surface area (Å²) in [7, 11) is 0. The van der Waals surface area contributed by atoms with Gasteiger partial charge in [-0.2, -0.15) is 0 Å². The number of rotatable bonds is 3. The fourth-order valence-electron chi connectivity index (χ4n) is 2.45. The van der Waals surface area contributed by atoms with Crippen LogP contribution in [0.25, 0.3) is 0 Å². The second-order valence-electron chi connectivity index (χ2n) is 7.93. The van der Waals surface area contributed by atoms with Gasteiger partial charge in [0.15, 0.2) is 11.5 Å². The van der Waals surface area contributed by atoms with Crippen molar-refractivity contribution in [2.45, 2.75) is 60.0 Å². The molecule has 0 aliphatic heterocycles. The molecule has 0 fully saturated rings. The highest BCUT2D eigenvalue weighted by Gasteiger charge is 2.34. The average Bonchev–Trinajstić information content (AvgIpc) is 2.26. The summed E-state index contributed by atoms with van der Waals surface area (Å²) in [4.78, 5) is 0. The number of aromatic hydroxyl groups is 2. The first kappa shape index (κ1) is 16.8. The second kappa shape index (κ2) is 5.65. The number of aliphatic hydroxyl groups excluding tert-OH is 1. The van der Waals surface area contributed by atoms with E-state index in [2.05, 4.69) is 20.8 Å². The molecule has 3 nitrogen and oxygen atoms in total. The molecule has 0 bridgehead atoms. The molecule has 1 aromatic carbocycles. The third-order valence-corrected chi connectivity index (χ3v) is 3.53. The molecule has 0 spiro atoms. The van der Waals surface area contributed by atoms with Gasteiger partial charge in [-0.3, -0.25) is 0 Å². The molecule has 0 heterocycles. The van der Waals surface area contributed by atoms with Gasteiger partial charge in [-0.1, -0.05) is 47.6 Å². The first-order valence-electron chi connectivity index (χ1n) is 7.12. The lowest BCUT2D eigenvalue weighted by Crippen LogP contribution is -2.34. The van der Waals surface area contributed by atoms with E-state index >= 15 is 0 Å². The predicted octanol–water partition coefficient (Wildman–Crippen LogP) is 4.02. The minimum atomic E-state index is -0.523. The topological polar surface area (TPSA) is 60.7 Å². The van der Waals surface area contributed by atoms with E-state index in [9.17, 15) is 15.3 Å². The monoisotopic (exact) mass is 280 g/mol. The zero-order valence-corrected chi connectivity index (χ0v) is 13.4. The maximum Gasteiger partial charge on any atom is 0.157 e. The maximum atomic E-state index is 10.7. The van der Waals surface area contributed by atoms with Gasteiger partial charge in [0.1, 0.15) is 0 Å². The lowest BCUT2D eigenvalue weighted by Gasteiger charge is -2.36. The van der Waals surface area contributed by atoms with Gasteiger partial charge in [0, 0.05) is 5.92 Å². The molecule has 20 heavy (non-hydrogen) atoms. The van der Waals surface area contributed by atoms with Gasteiger partial charge in [0.05, 0.1) is 6.10 Å². The highest BCUT2D eigenvalue weighted by Crippen LogP contribution is 2.41. The Hall–Kier alpha value is -1.22. The van der Waals surface area contributed by atoms with Crippen LogP contribution in [0.1, 0.15) is 59.4 Å². The Kier molecular flexibility index (Phi) is 4.75. The molecule has 3 heteroatoms. The normalized spacial score (nSPS) is 15.9. The molecular formula is C17H28O3. The summed E-state index contributed by atoms with van der Waals surface area (Å²) in [6.07, 6.45) is 0.279. The first-order valence-corrected chi connectivity index (χ1v) is 7.12. The van der Waals surface area contributed by atoms with Crippen LogP contribution in [0, 0.1) is 10.8 Å². The number of benzene rings is 1. The van der Waals surface area contributed by atoms with Gasteiger partial charge in [0.2, 0.25) is 0 Å². The van der Waals surface area contributed by atoms with E-state index in [1.807, 2.05) is 20.8 Å². The molecule has 1 aromatic rings. The molecule has 0 saturated heterocycles. The molecular weight excluding hydrogens is 252 g/mol. The second-order valence-corrected chi connectivity index (χ2v) is 7.93. The van der Waals surface area contributed by atoms with Crippen LogP contribution >= 0.6 is 0 Å². The van der Waals surface area contributed by atoms with Crippen molar-refractivity contribution in [1.29, 1.82) is 0 Å². The van der Waals surface area contributed by atoms with Crippen LogP contribution in [0.15, 0.2) is 18.2 Å².